The third-order valence-corrected chi connectivity index (χ3v) is 5.18. The van der Waals surface area contributed by atoms with Gasteiger partial charge in [0, 0.05) is 0 Å². The van der Waals surface area contributed by atoms with E-state index in [1.165, 1.54) is 0 Å². The molecule has 0 aliphatic carbocycles. The molecule has 17 heavy (non-hydrogen) atoms. The van der Waals surface area contributed by atoms with Gasteiger partial charge in [0.05, 0.1) is 10.5 Å². The van der Waals surface area contributed by atoms with E-state index in [4.69, 9.17) is 10.3 Å². The SMILES string of the molecule is CCC(C)S(N)(=O)=O.CCC(C)S(N)(=O)=O.[LiH]. The van der Waals surface area contributed by atoms with Gasteiger partial charge in [-0.05, 0) is 26.7 Å². The Hall–Kier alpha value is 0.417. The maximum absolute atomic E-state index is 10.3. The van der Waals surface area contributed by atoms with Gasteiger partial charge in [-0.25, -0.2) is 27.1 Å². The van der Waals surface area contributed by atoms with E-state index in [9.17, 15) is 16.8 Å². The van der Waals surface area contributed by atoms with Crippen LogP contribution in [0, 0.1) is 0 Å². The van der Waals surface area contributed by atoms with Gasteiger partial charge in [0.1, 0.15) is 0 Å². The number of rotatable bonds is 4. The molecular weight excluding hydrogens is 259 g/mol. The van der Waals surface area contributed by atoms with Gasteiger partial charge < -0.3 is 0 Å². The monoisotopic (exact) mass is 282 g/mol. The first-order chi connectivity index (χ1) is 6.96. The Bertz CT molecular complexity index is 342. The van der Waals surface area contributed by atoms with E-state index >= 15 is 0 Å². The van der Waals surface area contributed by atoms with Crippen molar-refractivity contribution in [1.29, 1.82) is 0 Å². The third kappa shape index (κ3) is 12.7. The molecule has 0 aromatic heterocycles. The molecule has 0 amide bonds. The normalized spacial score (nSPS) is 14.9. The third-order valence-electron chi connectivity index (χ3n) is 2.27. The summed E-state index contributed by atoms with van der Waals surface area (Å²) >= 11 is 0. The minimum atomic E-state index is -3.25. The Labute approximate surface area is 117 Å². The first-order valence-electron chi connectivity index (χ1n) is 4.99. The summed E-state index contributed by atoms with van der Waals surface area (Å²) in [5.74, 6) is 0. The number of sulfonamides is 2. The second-order valence-corrected chi connectivity index (χ2v) is 7.58. The molecule has 0 saturated heterocycles. The fraction of sp³-hybridized carbons (Fsp3) is 1.00. The van der Waals surface area contributed by atoms with Crippen molar-refractivity contribution >= 4 is 38.9 Å². The van der Waals surface area contributed by atoms with Crippen molar-refractivity contribution in [3.05, 3.63) is 0 Å². The molecule has 0 spiro atoms. The summed E-state index contributed by atoms with van der Waals surface area (Å²) in [6.07, 6.45) is 1.16. The molecule has 2 unspecified atom stereocenters. The molecule has 0 aromatic carbocycles. The predicted molar refractivity (Wildman–Crippen MR) is 72.9 cm³/mol. The topological polar surface area (TPSA) is 120 Å². The minimum absolute atomic E-state index is 0. The molecule has 0 saturated carbocycles. The molecule has 0 fully saturated rings. The average Bonchev–Trinajstić information content (AvgIpc) is 2.13. The van der Waals surface area contributed by atoms with Crippen molar-refractivity contribution < 1.29 is 16.8 Å². The molecule has 0 heterocycles. The molecule has 9 heteroatoms. The second kappa shape index (κ2) is 9.36. The summed E-state index contributed by atoms with van der Waals surface area (Å²) in [6.45, 7) is 6.76. The van der Waals surface area contributed by atoms with Gasteiger partial charge in [0.15, 0.2) is 0 Å². The summed E-state index contributed by atoms with van der Waals surface area (Å²) in [5, 5.41) is 8.72. The van der Waals surface area contributed by atoms with Crippen molar-refractivity contribution in [2.75, 3.05) is 0 Å². The van der Waals surface area contributed by atoms with Crippen LogP contribution in [0.15, 0.2) is 0 Å². The van der Waals surface area contributed by atoms with Crippen LogP contribution in [-0.4, -0.2) is 46.2 Å². The molecule has 0 radical (unpaired) electrons. The van der Waals surface area contributed by atoms with E-state index in [-0.39, 0.29) is 18.9 Å². The summed E-state index contributed by atoms with van der Waals surface area (Å²) in [6, 6.07) is 0. The summed E-state index contributed by atoms with van der Waals surface area (Å²) < 4.78 is 41.4. The quantitative estimate of drug-likeness (QED) is 0.675. The predicted octanol–water partition coefficient (Wildman–Crippen LogP) is -0.502. The van der Waals surface area contributed by atoms with Gasteiger partial charge in [0.25, 0.3) is 0 Å². The van der Waals surface area contributed by atoms with Crippen LogP contribution in [0.3, 0.4) is 0 Å². The fourth-order valence-electron chi connectivity index (χ4n) is 0.465. The zero-order chi connectivity index (χ0) is 13.6. The van der Waals surface area contributed by atoms with E-state index in [1.807, 2.05) is 0 Å². The van der Waals surface area contributed by atoms with Gasteiger partial charge in [-0.3, -0.25) is 0 Å². The second-order valence-electron chi connectivity index (χ2n) is 3.62. The van der Waals surface area contributed by atoms with Gasteiger partial charge in [-0.1, -0.05) is 13.8 Å². The first kappa shape index (κ1) is 22.6. The standard InChI is InChI=1S/2C4H11NO2S.Li.H/c2*1-3-4(2)8(5,6)7;;/h2*4H,3H2,1-2H3,(H2,5,6,7);;. The maximum atomic E-state index is 10.3. The molecule has 0 aliphatic heterocycles. The van der Waals surface area contributed by atoms with Crippen molar-refractivity contribution in [2.24, 2.45) is 10.3 Å². The zero-order valence-corrected chi connectivity index (χ0v) is 11.8. The number of hydrogen-bond donors (Lipinski definition) is 2. The first-order valence-corrected chi connectivity index (χ1v) is 8.21. The van der Waals surface area contributed by atoms with Crippen LogP contribution in [0.1, 0.15) is 40.5 Å². The molecule has 0 aliphatic rings. The van der Waals surface area contributed by atoms with Crippen LogP contribution in [0.25, 0.3) is 0 Å². The van der Waals surface area contributed by atoms with E-state index in [1.54, 1.807) is 27.7 Å². The van der Waals surface area contributed by atoms with E-state index < -0.39 is 30.5 Å². The Morgan fingerprint density at radius 1 is 0.824 bits per heavy atom. The molecule has 102 valence electrons. The summed E-state index contributed by atoms with van der Waals surface area (Å²) in [4.78, 5) is 0. The van der Waals surface area contributed by atoms with E-state index in [0.717, 1.165) is 0 Å². The van der Waals surface area contributed by atoms with Crippen LogP contribution in [-0.2, 0) is 20.0 Å². The molecule has 2 atom stereocenters. The van der Waals surface area contributed by atoms with Crippen LogP contribution < -0.4 is 10.3 Å². The number of primary sulfonamides is 2. The van der Waals surface area contributed by atoms with Crippen molar-refractivity contribution in [3.63, 3.8) is 0 Å². The molecule has 6 nitrogen and oxygen atoms in total. The Balaban J connectivity index is -0.000000218. The van der Waals surface area contributed by atoms with E-state index in [0.29, 0.717) is 12.8 Å². The van der Waals surface area contributed by atoms with Gasteiger partial charge in [-0.15, -0.1) is 0 Å². The molecular formula is C8H23LiN2O4S2. The molecule has 0 rings (SSSR count). The molecule has 0 bridgehead atoms. The number of hydrogen-bond acceptors (Lipinski definition) is 4. The van der Waals surface area contributed by atoms with Crippen LogP contribution in [0.4, 0.5) is 0 Å². The molecule has 4 N–H and O–H groups in total. The number of nitrogens with two attached hydrogens (primary N) is 2. The van der Waals surface area contributed by atoms with Crippen LogP contribution in [0.2, 0.25) is 0 Å². The fourth-order valence-corrected chi connectivity index (χ4v) is 1.39. The van der Waals surface area contributed by atoms with Gasteiger partial charge >= 0.3 is 18.9 Å². The van der Waals surface area contributed by atoms with E-state index in [2.05, 4.69) is 0 Å². The van der Waals surface area contributed by atoms with Crippen molar-refractivity contribution in [3.8, 4) is 0 Å². The van der Waals surface area contributed by atoms with Crippen LogP contribution in [0.5, 0.6) is 0 Å². The van der Waals surface area contributed by atoms with Crippen molar-refractivity contribution in [2.45, 2.75) is 51.0 Å². The summed E-state index contributed by atoms with van der Waals surface area (Å²) in [5.41, 5.74) is 0. The van der Waals surface area contributed by atoms with Gasteiger partial charge in [-0.2, -0.15) is 0 Å². The average molecular weight is 282 g/mol. The van der Waals surface area contributed by atoms with Crippen molar-refractivity contribution in [1.82, 2.24) is 0 Å². The Morgan fingerprint density at radius 2 is 1.00 bits per heavy atom. The summed E-state index contributed by atoms with van der Waals surface area (Å²) in [7, 11) is -6.51. The molecule has 0 aromatic rings. The van der Waals surface area contributed by atoms with Crippen LogP contribution >= 0.6 is 0 Å². The Kier molecular flexibility index (Phi) is 12.4. The zero-order valence-electron chi connectivity index (χ0n) is 10.2. The Morgan fingerprint density at radius 3 is 1.00 bits per heavy atom. The van der Waals surface area contributed by atoms with Gasteiger partial charge in [0.2, 0.25) is 20.0 Å².